The molecule has 2 heterocycles. The van der Waals surface area contributed by atoms with Crippen molar-refractivity contribution >= 4 is 29.1 Å². The number of hydrogen-bond donors (Lipinski definition) is 1. The summed E-state index contributed by atoms with van der Waals surface area (Å²) >= 11 is 11.5. The fourth-order valence-electron chi connectivity index (χ4n) is 1.46. The summed E-state index contributed by atoms with van der Waals surface area (Å²) < 4.78 is 5.18. The van der Waals surface area contributed by atoms with E-state index in [1.54, 1.807) is 11.1 Å². The summed E-state index contributed by atoms with van der Waals surface area (Å²) in [6.07, 6.45) is 0. The van der Waals surface area contributed by atoms with Crippen LogP contribution in [0.25, 0.3) is 0 Å². The molecule has 2 rings (SSSR count). The molecule has 7 heteroatoms. The van der Waals surface area contributed by atoms with Gasteiger partial charge in [-0.2, -0.15) is 0 Å². The van der Waals surface area contributed by atoms with Crippen LogP contribution < -0.4 is 5.43 Å². The molecular formula is C10H11Cl2N3O2. The first-order chi connectivity index (χ1) is 8.16. The molecule has 0 atom stereocenters. The number of hydrogen-bond acceptors (Lipinski definition) is 4. The number of morpholine rings is 1. The Morgan fingerprint density at radius 1 is 1.35 bits per heavy atom. The Bertz CT molecular complexity index is 422. The van der Waals surface area contributed by atoms with Crippen molar-refractivity contribution < 1.29 is 9.53 Å². The lowest BCUT2D eigenvalue weighted by atomic mass is 10.3. The standard InChI is InChI=1S/C10H11Cl2N3O2/c11-8-2-1-7(9(12)13-8)10(16)14-15-3-5-17-6-4-15/h1-2H,3-6H2,(H,14,16). The second-order valence-electron chi connectivity index (χ2n) is 3.51. The van der Waals surface area contributed by atoms with E-state index in [0.29, 0.717) is 31.9 Å². The number of ether oxygens (including phenoxy) is 1. The SMILES string of the molecule is O=C(NN1CCOCC1)c1ccc(Cl)nc1Cl. The number of amides is 1. The van der Waals surface area contributed by atoms with E-state index in [0.717, 1.165) is 0 Å². The van der Waals surface area contributed by atoms with Gasteiger partial charge in [0.2, 0.25) is 0 Å². The van der Waals surface area contributed by atoms with Gasteiger partial charge in [-0.15, -0.1) is 0 Å². The summed E-state index contributed by atoms with van der Waals surface area (Å²) in [4.78, 5) is 15.7. The number of pyridine rings is 1. The summed E-state index contributed by atoms with van der Waals surface area (Å²) in [5.41, 5.74) is 3.05. The summed E-state index contributed by atoms with van der Waals surface area (Å²) in [7, 11) is 0. The predicted octanol–water partition coefficient (Wildman–Crippen LogP) is 1.37. The van der Waals surface area contributed by atoms with Crippen LogP contribution in [0.2, 0.25) is 10.3 Å². The Morgan fingerprint density at radius 2 is 2.06 bits per heavy atom. The minimum atomic E-state index is -0.291. The number of carbonyl (C=O) groups is 1. The van der Waals surface area contributed by atoms with Gasteiger partial charge in [0.15, 0.2) is 0 Å². The number of rotatable bonds is 2. The molecule has 0 bridgehead atoms. The van der Waals surface area contributed by atoms with E-state index in [9.17, 15) is 4.79 Å². The summed E-state index contributed by atoms with van der Waals surface area (Å²) in [6.45, 7) is 2.52. The van der Waals surface area contributed by atoms with Gasteiger partial charge in [-0.05, 0) is 12.1 Å². The smallest absolute Gasteiger partial charge is 0.268 e. The van der Waals surface area contributed by atoms with Gasteiger partial charge >= 0.3 is 0 Å². The van der Waals surface area contributed by atoms with Crippen molar-refractivity contribution in [1.82, 2.24) is 15.4 Å². The second kappa shape index (κ2) is 5.64. The molecule has 1 aromatic heterocycles. The van der Waals surface area contributed by atoms with Crippen LogP contribution >= 0.6 is 23.2 Å². The van der Waals surface area contributed by atoms with E-state index < -0.39 is 0 Å². The fourth-order valence-corrected chi connectivity index (χ4v) is 1.89. The normalized spacial score (nSPS) is 16.8. The van der Waals surface area contributed by atoms with Crippen LogP contribution in [0.3, 0.4) is 0 Å². The molecule has 1 saturated heterocycles. The average Bonchev–Trinajstić information content (AvgIpc) is 2.30. The zero-order valence-corrected chi connectivity index (χ0v) is 10.5. The van der Waals surface area contributed by atoms with Crippen LogP contribution in [0.5, 0.6) is 0 Å². The average molecular weight is 276 g/mol. The predicted molar refractivity (Wildman–Crippen MR) is 64.1 cm³/mol. The maximum atomic E-state index is 11.9. The zero-order chi connectivity index (χ0) is 12.3. The number of aromatic nitrogens is 1. The van der Waals surface area contributed by atoms with Crippen molar-refractivity contribution in [3.63, 3.8) is 0 Å². The minimum Gasteiger partial charge on any atom is -0.379 e. The lowest BCUT2D eigenvalue weighted by molar-refractivity contribution is 0.0126. The van der Waals surface area contributed by atoms with Crippen molar-refractivity contribution in [1.29, 1.82) is 0 Å². The lowest BCUT2D eigenvalue weighted by Gasteiger charge is -2.26. The first-order valence-corrected chi connectivity index (χ1v) is 5.88. The van der Waals surface area contributed by atoms with E-state index in [1.807, 2.05) is 0 Å². The number of carbonyl (C=O) groups excluding carboxylic acids is 1. The van der Waals surface area contributed by atoms with Crippen molar-refractivity contribution in [3.05, 3.63) is 28.0 Å². The number of hydrazine groups is 1. The molecule has 0 saturated carbocycles. The molecule has 92 valence electrons. The van der Waals surface area contributed by atoms with Gasteiger partial charge in [0.05, 0.1) is 18.8 Å². The van der Waals surface area contributed by atoms with Crippen molar-refractivity contribution in [2.45, 2.75) is 0 Å². The topological polar surface area (TPSA) is 54.5 Å². The molecule has 0 aliphatic carbocycles. The number of nitrogens with one attached hydrogen (secondary N) is 1. The first kappa shape index (κ1) is 12.6. The highest BCUT2D eigenvalue weighted by Gasteiger charge is 2.17. The third-order valence-corrected chi connectivity index (χ3v) is 2.83. The highest BCUT2D eigenvalue weighted by molar-refractivity contribution is 6.34. The molecule has 1 aliphatic rings. The quantitative estimate of drug-likeness (QED) is 0.829. The van der Waals surface area contributed by atoms with Gasteiger partial charge < -0.3 is 4.74 Å². The summed E-state index contributed by atoms with van der Waals surface area (Å²) in [5, 5.41) is 2.15. The van der Waals surface area contributed by atoms with E-state index in [2.05, 4.69) is 10.4 Å². The molecule has 0 spiro atoms. The highest BCUT2D eigenvalue weighted by atomic mass is 35.5. The fraction of sp³-hybridized carbons (Fsp3) is 0.400. The van der Waals surface area contributed by atoms with Crippen LogP contribution in [0, 0.1) is 0 Å². The molecule has 0 aromatic carbocycles. The van der Waals surface area contributed by atoms with Gasteiger partial charge in [-0.3, -0.25) is 10.2 Å². The van der Waals surface area contributed by atoms with Crippen LogP contribution in [0.15, 0.2) is 12.1 Å². The Kier molecular flexibility index (Phi) is 4.17. The first-order valence-electron chi connectivity index (χ1n) is 5.12. The molecule has 1 aliphatic heterocycles. The maximum absolute atomic E-state index is 11.9. The summed E-state index contributed by atoms with van der Waals surface area (Å²) in [6, 6.07) is 3.08. The third kappa shape index (κ3) is 3.29. The van der Waals surface area contributed by atoms with Crippen LogP contribution in [-0.2, 0) is 4.74 Å². The minimum absolute atomic E-state index is 0.100. The van der Waals surface area contributed by atoms with Gasteiger partial charge in [0, 0.05) is 13.1 Å². The van der Waals surface area contributed by atoms with Crippen LogP contribution in [-0.4, -0.2) is 42.2 Å². The van der Waals surface area contributed by atoms with E-state index in [4.69, 9.17) is 27.9 Å². The highest BCUT2D eigenvalue weighted by Crippen LogP contribution is 2.16. The van der Waals surface area contributed by atoms with Crippen molar-refractivity contribution in [2.24, 2.45) is 0 Å². The zero-order valence-electron chi connectivity index (χ0n) is 8.95. The molecule has 5 nitrogen and oxygen atoms in total. The third-order valence-electron chi connectivity index (χ3n) is 2.33. The summed E-state index contributed by atoms with van der Waals surface area (Å²) in [5.74, 6) is -0.291. The monoisotopic (exact) mass is 275 g/mol. The van der Waals surface area contributed by atoms with Crippen LogP contribution in [0.1, 0.15) is 10.4 Å². The van der Waals surface area contributed by atoms with Crippen molar-refractivity contribution in [2.75, 3.05) is 26.3 Å². The van der Waals surface area contributed by atoms with Gasteiger partial charge in [0.25, 0.3) is 5.91 Å². The molecule has 1 fully saturated rings. The molecule has 1 N–H and O–H groups in total. The Balaban J connectivity index is 2.03. The maximum Gasteiger partial charge on any atom is 0.268 e. The number of nitrogens with zero attached hydrogens (tertiary/aromatic N) is 2. The van der Waals surface area contributed by atoms with Gasteiger partial charge in [-0.25, -0.2) is 9.99 Å². The van der Waals surface area contributed by atoms with Crippen molar-refractivity contribution in [3.8, 4) is 0 Å². The molecular weight excluding hydrogens is 265 g/mol. The van der Waals surface area contributed by atoms with E-state index in [-0.39, 0.29) is 16.2 Å². The Morgan fingerprint density at radius 3 is 2.71 bits per heavy atom. The molecule has 17 heavy (non-hydrogen) atoms. The largest absolute Gasteiger partial charge is 0.379 e. The molecule has 0 unspecified atom stereocenters. The molecule has 1 amide bonds. The Hall–Kier alpha value is -0.880. The molecule has 0 radical (unpaired) electrons. The van der Waals surface area contributed by atoms with Gasteiger partial charge in [0.1, 0.15) is 10.3 Å². The van der Waals surface area contributed by atoms with E-state index in [1.165, 1.54) is 6.07 Å². The van der Waals surface area contributed by atoms with Crippen LogP contribution in [0.4, 0.5) is 0 Å². The van der Waals surface area contributed by atoms with Gasteiger partial charge in [-0.1, -0.05) is 23.2 Å². The second-order valence-corrected chi connectivity index (χ2v) is 4.26. The number of halogens is 2. The molecule has 1 aromatic rings. The Labute approximate surface area is 109 Å². The van der Waals surface area contributed by atoms with E-state index >= 15 is 0 Å². The lowest BCUT2D eigenvalue weighted by Crippen LogP contribution is -2.48.